The fourth-order valence-electron chi connectivity index (χ4n) is 3.96. The lowest BCUT2D eigenvalue weighted by molar-refractivity contribution is -0.134. The van der Waals surface area contributed by atoms with E-state index in [-0.39, 0.29) is 17.9 Å². The van der Waals surface area contributed by atoms with Gasteiger partial charge in [0, 0.05) is 49.3 Å². The number of hydrogen-bond acceptors (Lipinski definition) is 4. The van der Waals surface area contributed by atoms with Gasteiger partial charge >= 0.3 is 0 Å². The van der Waals surface area contributed by atoms with Crippen LogP contribution in [0.3, 0.4) is 0 Å². The third-order valence-electron chi connectivity index (χ3n) is 5.71. The monoisotopic (exact) mass is 440 g/mol. The maximum absolute atomic E-state index is 12.4. The van der Waals surface area contributed by atoms with E-state index in [1.807, 2.05) is 17.9 Å². The molecule has 2 amide bonds. The van der Waals surface area contributed by atoms with E-state index in [1.165, 1.54) is 6.42 Å². The van der Waals surface area contributed by atoms with Gasteiger partial charge in [-0.15, -0.1) is 0 Å². The molecule has 2 fully saturated rings. The Hall–Kier alpha value is -1.34. The van der Waals surface area contributed by atoms with Crippen LogP contribution in [-0.4, -0.2) is 78.9 Å². The minimum atomic E-state index is -0.185. The summed E-state index contributed by atoms with van der Waals surface area (Å²) >= 11 is 12.2. The molecule has 1 unspecified atom stereocenters. The summed E-state index contributed by atoms with van der Waals surface area (Å²) in [5.41, 5.74) is 0.852. The van der Waals surface area contributed by atoms with Crippen LogP contribution in [0.5, 0.6) is 0 Å². The Bertz CT molecular complexity index is 717. The molecule has 8 heteroatoms. The zero-order valence-electron chi connectivity index (χ0n) is 17.0. The molecule has 0 aliphatic carbocycles. The van der Waals surface area contributed by atoms with Crippen molar-refractivity contribution in [2.75, 3.05) is 52.4 Å². The van der Waals surface area contributed by atoms with Gasteiger partial charge in [-0.05, 0) is 43.9 Å². The van der Waals surface area contributed by atoms with Crippen molar-refractivity contribution in [2.45, 2.75) is 32.2 Å². The fraction of sp³-hybridized carbons (Fsp3) is 0.619. The molecule has 0 radical (unpaired) electrons. The Labute approximate surface area is 183 Å². The van der Waals surface area contributed by atoms with Crippen LogP contribution in [0.1, 0.15) is 37.8 Å². The van der Waals surface area contributed by atoms with Crippen LogP contribution in [0.2, 0.25) is 10.0 Å². The van der Waals surface area contributed by atoms with Crippen LogP contribution < -0.4 is 5.32 Å². The van der Waals surface area contributed by atoms with Crippen molar-refractivity contribution in [1.29, 1.82) is 0 Å². The molecule has 0 saturated carbocycles. The lowest BCUT2D eigenvalue weighted by Crippen LogP contribution is -2.52. The summed E-state index contributed by atoms with van der Waals surface area (Å²) in [5, 5.41) is 4.14. The minimum absolute atomic E-state index is 0.0265. The standard InChI is InChI=1S/C21H30Cl2N4O2/c1-16(18-6-5-17(22)13-19(18)23)24-20(28)14-25-9-11-26(12-10-25)15-21(29)27-7-3-2-4-8-27/h5-6,13,16H,2-4,7-12,14-15H2,1H3,(H,24,28). The van der Waals surface area contributed by atoms with Crippen LogP contribution in [-0.2, 0) is 9.59 Å². The molecule has 0 bridgehead atoms. The predicted molar refractivity (Wildman–Crippen MR) is 116 cm³/mol. The quantitative estimate of drug-likeness (QED) is 0.738. The topological polar surface area (TPSA) is 55.9 Å². The maximum Gasteiger partial charge on any atom is 0.236 e. The van der Waals surface area contributed by atoms with Crippen LogP contribution in [0.4, 0.5) is 0 Å². The molecule has 2 saturated heterocycles. The van der Waals surface area contributed by atoms with E-state index in [2.05, 4.69) is 15.1 Å². The van der Waals surface area contributed by atoms with Crippen molar-refractivity contribution in [3.8, 4) is 0 Å². The molecule has 1 aromatic rings. The Morgan fingerprint density at radius 3 is 2.21 bits per heavy atom. The van der Waals surface area contributed by atoms with Crippen LogP contribution >= 0.6 is 23.2 Å². The molecule has 0 aromatic heterocycles. The third-order valence-corrected chi connectivity index (χ3v) is 6.27. The zero-order chi connectivity index (χ0) is 20.8. The largest absolute Gasteiger partial charge is 0.348 e. The second-order valence-electron chi connectivity index (χ2n) is 7.95. The number of nitrogens with one attached hydrogen (secondary N) is 1. The lowest BCUT2D eigenvalue weighted by atomic mass is 10.1. The fourth-order valence-corrected chi connectivity index (χ4v) is 4.53. The van der Waals surface area contributed by atoms with Gasteiger partial charge in [-0.3, -0.25) is 19.4 Å². The highest BCUT2D eigenvalue weighted by molar-refractivity contribution is 6.35. The summed E-state index contributed by atoms with van der Waals surface area (Å²) in [7, 11) is 0. The van der Waals surface area contributed by atoms with Gasteiger partial charge in [0.25, 0.3) is 0 Å². The molecule has 1 N–H and O–H groups in total. The zero-order valence-corrected chi connectivity index (χ0v) is 18.5. The van der Waals surface area contributed by atoms with Crippen molar-refractivity contribution in [3.63, 3.8) is 0 Å². The van der Waals surface area contributed by atoms with E-state index < -0.39 is 0 Å². The predicted octanol–water partition coefficient (Wildman–Crippen LogP) is 2.80. The van der Waals surface area contributed by atoms with Crippen LogP contribution in [0.15, 0.2) is 18.2 Å². The number of piperazine rings is 1. The van der Waals surface area contributed by atoms with Crippen molar-refractivity contribution in [3.05, 3.63) is 33.8 Å². The molecule has 1 aromatic carbocycles. The molecule has 1 atom stereocenters. The number of likely N-dealkylation sites (tertiary alicyclic amines) is 1. The maximum atomic E-state index is 12.4. The van der Waals surface area contributed by atoms with Crippen LogP contribution in [0.25, 0.3) is 0 Å². The first-order valence-electron chi connectivity index (χ1n) is 10.4. The Morgan fingerprint density at radius 2 is 1.59 bits per heavy atom. The van der Waals surface area contributed by atoms with Gasteiger partial charge in [-0.1, -0.05) is 29.3 Å². The van der Waals surface area contributed by atoms with E-state index in [1.54, 1.807) is 12.1 Å². The average Bonchev–Trinajstić information content (AvgIpc) is 2.70. The number of halogens is 2. The van der Waals surface area contributed by atoms with E-state index in [4.69, 9.17) is 23.2 Å². The molecule has 6 nitrogen and oxygen atoms in total. The summed E-state index contributed by atoms with van der Waals surface area (Å²) < 4.78 is 0. The molecule has 2 aliphatic heterocycles. The van der Waals surface area contributed by atoms with Crippen molar-refractivity contribution in [2.24, 2.45) is 0 Å². The van der Waals surface area contributed by atoms with Gasteiger partial charge in [0.2, 0.25) is 11.8 Å². The van der Waals surface area contributed by atoms with E-state index in [0.717, 1.165) is 57.7 Å². The summed E-state index contributed by atoms with van der Waals surface area (Å²) in [4.78, 5) is 31.2. The Morgan fingerprint density at radius 1 is 0.966 bits per heavy atom. The number of piperidine rings is 1. The summed E-state index contributed by atoms with van der Waals surface area (Å²) in [6, 6.07) is 5.12. The first-order chi connectivity index (χ1) is 13.9. The highest BCUT2D eigenvalue weighted by atomic mass is 35.5. The number of amides is 2. The first kappa shape index (κ1) is 22.3. The van der Waals surface area contributed by atoms with E-state index in [9.17, 15) is 9.59 Å². The highest BCUT2D eigenvalue weighted by Gasteiger charge is 2.24. The summed E-state index contributed by atoms with van der Waals surface area (Å²) in [5.74, 6) is 0.214. The van der Waals surface area contributed by atoms with E-state index in [0.29, 0.717) is 23.1 Å². The second kappa shape index (κ2) is 10.6. The number of carbonyl (C=O) groups is 2. The van der Waals surface area contributed by atoms with Crippen molar-refractivity contribution in [1.82, 2.24) is 20.0 Å². The molecular weight excluding hydrogens is 411 g/mol. The van der Waals surface area contributed by atoms with Gasteiger partial charge in [-0.2, -0.15) is 0 Å². The van der Waals surface area contributed by atoms with E-state index >= 15 is 0 Å². The van der Waals surface area contributed by atoms with Gasteiger partial charge in [0.15, 0.2) is 0 Å². The lowest BCUT2D eigenvalue weighted by Gasteiger charge is -2.35. The third kappa shape index (κ3) is 6.57. The molecule has 3 rings (SSSR count). The molecule has 160 valence electrons. The number of benzene rings is 1. The Balaban J connectivity index is 1.39. The summed E-state index contributed by atoms with van der Waals surface area (Å²) in [6.07, 6.45) is 3.47. The molecular formula is C21H30Cl2N4O2. The number of carbonyl (C=O) groups excluding carboxylic acids is 2. The molecule has 2 aliphatic rings. The highest BCUT2D eigenvalue weighted by Crippen LogP contribution is 2.26. The smallest absolute Gasteiger partial charge is 0.236 e. The number of nitrogens with zero attached hydrogens (tertiary/aromatic N) is 3. The first-order valence-corrected chi connectivity index (χ1v) is 11.1. The van der Waals surface area contributed by atoms with Crippen molar-refractivity contribution < 1.29 is 9.59 Å². The average molecular weight is 441 g/mol. The molecule has 2 heterocycles. The normalized spacial score (nSPS) is 19.8. The number of rotatable bonds is 6. The van der Waals surface area contributed by atoms with Gasteiger partial charge in [0.05, 0.1) is 19.1 Å². The van der Waals surface area contributed by atoms with Gasteiger partial charge in [0.1, 0.15) is 0 Å². The SMILES string of the molecule is CC(NC(=O)CN1CCN(CC(=O)N2CCCCC2)CC1)c1ccc(Cl)cc1Cl. The minimum Gasteiger partial charge on any atom is -0.348 e. The molecule has 0 spiro atoms. The number of hydrogen-bond donors (Lipinski definition) is 1. The summed E-state index contributed by atoms with van der Waals surface area (Å²) in [6.45, 7) is 7.75. The van der Waals surface area contributed by atoms with Gasteiger partial charge < -0.3 is 10.2 Å². The van der Waals surface area contributed by atoms with Crippen LogP contribution in [0, 0.1) is 0 Å². The Kier molecular flexibility index (Phi) is 8.18. The van der Waals surface area contributed by atoms with Gasteiger partial charge in [-0.25, -0.2) is 0 Å². The molecule has 29 heavy (non-hydrogen) atoms. The second-order valence-corrected chi connectivity index (χ2v) is 8.79. The van der Waals surface area contributed by atoms with Crippen molar-refractivity contribution >= 4 is 35.0 Å².